The van der Waals surface area contributed by atoms with Crippen molar-refractivity contribution in [1.82, 2.24) is 0 Å². The van der Waals surface area contributed by atoms with Crippen molar-refractivity contribution in [2.75, 3.05) is 19.8 Å². The Morgan fingerprint density at radius 3 is 2.39 bits per heavy atom. The van der Waals surface area contributed by atoms with Crippen molar-refractivity contribution in [3.63, 3.8) is 0 Å². The van der Waals surface area contributed by atoms with E-state index in [9.17, 15) is 4.79 Å². The fourth-order valence-corrected chi connectivity index (χ4v) is 8.94. The number of allylic oxidation sites excluding steroid dienone is 2. The molecule has 4 nitrogen and oxygen atoms in total. The maximum atomic E-state index is 11.7. The van der Waals surface area contributed by atoms with Gasteiger partial charge in [-0.15, -0.1) is 0 Å². The van der Waals surface area contributed by atoms with Gasteiger partial charge in [0.1, 0.15) is 0 Å². The highest BCUT2D eigenvalue weighted by molar-refractivity contribution is 5.71. The van der Waals surface area contributed by atoms with Gasteiger partial charge in [0.25, 0.3) is 0 Å². The van der Waals surface area contributed by atoms with E-state index in [1.807, 2.05) is 20.8 Å². The Hall–Kier alpha value is -0.870. The summed E-state index contributed by atoms with van der Waals surface area (Å²) in [5.74, 6) is 4.91. The van der Waals surface area contributed by atoms with Crippen LogP contribution in [0.3, 0.4) is 0 Å². The number of hydrogen-bond donors (Lipinski definition) is 0. The van der Waals surface area contributed by atoms with Gasteiger partial charge in [0.05, 0.1) is 13.0 Å². The normalized spacial score (nSPS) is 43.9. The molecule has 0 radical (unpaired) electrons. The zero-order chi connectivity index (χ0) is 23.6. The second kappa shape index (κ2) is 10.4. The first kappa shape index (κ1) is 25.2. The van der Waals surface area contributed by atoms with E-state index in [1.54, 1.807) is 0 Å². The van der Waals surface area contributed by atoms with Crippen LogP contribution in [0.4, 0.5) is 0 Å². The minimum atomic E-state index is -0.0370. The molecule has 1 saturated heterocycles. The molecule has 0 N–H and O–H groups in total. The number of rotatable bonds is 5. The summed E-state index contributed by atoms with van der Waals surface area (Å²) in [6.07, 6.45) is 16.9. The van der Waals surface area contributed by atoms with Crippen LogP contribution in [0.5, 0.6) is 0 Å². The van der Waals surface area contributed by atoms with Crippen LogP contribution < -0.4 is 0 Å². The minimum Gasteiger partial charge on any atom is -0.465 e. The van der Waals surface area contributed by atoms with Crippen molar-refractivity contribution in [3.8, 4) is 0 Å². The highest BCUT2D eigenvalue weighted by Gasteiger charge is 2.60. The van der Waals surface area contributed by atoms with Crippen molar-refractivity contribution in [1.29, 1.82) is 0 Å². The molecule has 0 aromatic rings. The van der Waals surface area contributed by atoms with E-state index < -0.39 is 0 Å². The Morgan fingerprint density at radius 2 is 1.73 bits per heavy atom. The lowest BCUT2D eigenvalue weighted by Crippen LogP contribution is -2.52. The van der Waals surface area contributed by atoms with E-state index in [2.05, 4.69) is 26.0 Å². The number of esters is 1. The molecule has 1 aliphatic heterocycles. The zero-order valence-electron chi connectivity index (χ0n) is 21.8. The van der Waals surface area contributed by atoms with Crippen LogP contribution in [-0.2, 0) is 19.0 Å². The molecular formula is C29H48O4. The third-order valence-electron chi connectivity index (χ3n) is 10.5. The van der Waals surface area contributed by atoms with Crippen LogP contribution in [0.25, 0.3) is 0 Å². The third kappa shape index (κ3) is 4.81. The number of ether oxygens (including phenoxy) is 3. The second-order valence-corrected chi connectivity index (χ2v) is 11.9. The maximum Gasteiger partial charge on any atom is 0.306 e. The van der Waals surface area contributed by atoms with Gasteiger partial charge in [-0.05, 0) is 113 Å². The monoisotopic (exact) mass is 460 g/mol. The number of carbonyl (C=O) groups is 1. The van der Waals surface area contributed by atoms with E-state index in [4.69, 9.17) is 14.2 Å². The van der Waals surface area contributed by atoms with Gasteiger partial charge in [0, 0.05) is 19.1 Å². The van der Waals surface area contributed by atoms with Crippen LogP contribution in [-0.4, -0.2) is 32.1 Å². The molecular weight excluding hydrogens is 412 g/mol. The molecule has 3 saturated carbocycles. The number of cyclic esters (lactones) is 1. The van der Waals surface area contributed by atoms with E-state index >= 15 is 0 Å². The van der Waals surface area contributed by atoms with E-state index in [0.717, 1.165) is 42.8 Å². The molecule has 4 heteroatoms. The van der Waals surface area contributed by atoms with Crippen LogP contribution >= 0.6 is 0 Å². The predicted octanol–water partition coefficient (Wildman–Crippen LogP) is 6.78. The van der Waals surface area contributed by atoms with Crippen LogP contribution in [0, 0.1) is 46.3 Å². The van der Waals surface area contributed by atoms with Crippen LogP contribution in [0.2, 0.25) is 0 Å². The molecule has 0 amide bonds. The third-order valence-corrected chi connectivity index (χ3v) is 10.5. The largest absolute Gasteiger partial charge is 0.465 e. The first-order valence-corrected chi connectivity index (χ1v) is 13.9. The summed E-state index contributed by atoms with van der Waals surface area (Å²) >= 11 is 0. The lowest BCUT2D eigenvalue weighted by atomic mass is 9.45. The fourth-order valence-electron chi connectivity index (χ4n) is 8.94. The van der Waals surface area contributed by atoms with Gasteiger partial charge < -0.3 is 14.2 Å². The molecule has 4 aliphatic carbocycles. The van der Waals surface area contributed by atoms with Gasteiger partial charge in [0.2, 0.25) is 0 Å². The molecule has 5 rings (SSSR count). The average molecular weight is 461 g/mol. The molecule has 4 fully saturated rings. The Balaban J connectivity index is 0.000000281. The molecule has 0 bridgehead atoms. The van der Waals surface area contributed by atoms with Crippen molar-refractivity contribution >= 4 is 5.97 Å². The fraction of sp³-hybridized carbons (Fsp3) is 0.897. The summed E-state index contributed by atoms with van der Waals surface area (Å²) in [6.45, 7) is 13.1. The first-order valence-electron chi connectivity index (χ1n) is 13.9. The molecule has 8 atom stereocenters. The lowest BCUT2D eigenvalue weighted by Gasteiger charge is -2.59. The van der Waals surface area contributed by atoms with E-state index in [0.29, 0.717) is 29.8 Å². The summed E-state index contributed by atoms with van der Waals surface area (Å²) in [5, 5.41) is 0. The predicted molar refractivity (Wildman–Crippen MR) is 132 cm³/mol. The number of fused-ring (bicyclic) bond motifs is 5. The molecule has 1 heterocycles. The highest BCUT2D eigenvalue weighted by atomic mass is 16.7. The Kier molecular flexibility index (Phi) is 7.95. The number of hydrogen-bond acceptors (Lipinski definition) is 4. The van der Waals surface area contributed by atoms with Crippen molar-refractivity contribution in [2.24, 2.45) is 46.3 Å². The summed E-state index contributed by atoms with van der Waals surface area (Å²) in [7, 11) is 0. The van der Waals surface area contributed by atoms with Gasteiger partial charge in [-0.25, -0.2) is 0 Å². The summed E-state index contributed by atoms with van der Waals surface area (Å²) in [6, 6.07) is 0. The quantitative estimate of drug-likeness (QED) is 0.258. The minimum absolute atomic E-state index is 0.0370. The summed E-state index contributed by atoms with van der Waals surface area (Å²) in [5.41, 5.74) is 0.925. The number of carbonyl (C=O) groups excluding carboxylic acids is 1. The highest BCUT2D eigenvalue weighted by Crippen LogP contribution is 2.67. The molecule has 188 valence electrons. The second-order valence-electron chi connectivity index (χ2n) is 11.9. The molecule has 5 aliphatic rings. The van der Waals surface area contributed by atoms with E-state index in [-0.39, 0.29) is 12.3 Å². The molecule has 0 spiro atoms. The lowest BCUT2D eigenvalue weighted by molar-refractivity contribution is -0.137. The molecule has 0 aromatic heterocycles. The Morgan fingerprint density at radius 1 is 1.00 bits per heavy atom. The van der Waals surface area contributed by atoms with E-state index in [1.165, 1.54) is 51.4 Å². The van der Waals surface area contributed by atoms with Crippen molar-refractivity contribution < 1.29 is 19.0 Å². The van der Waals surface area contributed by atoms with Crippen LogP contribution in [0.15, 0.2) is 12.2 Å². The van der Waals surface area contributed by atoms with Gasteiger partial charge >= 0.3 is 5.97 Å². The molecule has 33 heavy (non-hydrogen) atoms. The zero-order valence-corrected chi connectivity index (χ0v) is 21.8. The Bertz CT molecular complexity index is 698. The standard InChI is InChI=1S/C23H34O2.C6H14O2/c1-22-11-4-3-5-16(22)6-7-17-19-9-8-18(15-13-21(24)25-14-15)23(19,2)12-10-20(17)22;1-4-7-6(3)8-5-2/h4,11,15-20H,3,5-10,12-14H2,1-2H3;6H,4-5H2,1-3H3/t15-,16?,17-,18+,19+,20-,22-,23+;/m0./s1. The smallest absolute Gasteiger partial charge is 0.306 e. The van der Waals surface area contributed by atoms with Gasteiger partial charge in [-0.2, -0.15) is 0 Å². The molecule has 0 aromatic carbocycles. The first-order chi connectivity index (χ1) is 15.8. The SMILES string of the molecule is CCOC(C)OCC.C[C@]12CC[C@H]3[C@@H](CCC4CCC=C[C@@]43C)[C@H]1CC[C@@H]2[C@@H]1COC(=O)C1. The van der Waals surface area contributed by atoms with Crippen LogP contribution in [0.1, 0.15) is 92.4 Å². The van der Waals surface area contributed by atoms with Gasteiger partial charge in [-0.3, -0.25) is 4.79 Å². The maximum absolute atomic E-state index is 11.7. The van der Waals surface area contributed by atoms with Crippen molar-refractivity contribution in [2.45, 2.75) is 98.7 Å². The summed E-state index contributed by atoms with van der Waals surface area (Å²) < 4.78 is 15.5. The Labute approximate surface area is 202 Å². The average Bonchev–Trinajstić information content (AvgIpc) is 3.36. The van der Waals surface area contributed by atoms with Crippen molar-refractivity contribution in [3.05, 3.63) is 12.2 Å². The summed E-state index contributed by atoms with van der Waals surface area (Å²) in [4.78, 5) is 11.7. The van der Waals surface area contributed by atoms with Gasteiger partial charge in [-0.1, -0.05) is 26.0 Å². The van der Waals surface area contributed by atoms with Gasteiger partial charge in [0.15, 0.2) is 6.29 Å². The molecule has 1 unspecified atom stereocenters. The topological polar surface area (TPSA) is 44.8 Å².